The van der Waals surface area contributed by atoms with E-state index < -0.39 is 0 Å². The Balaban J connectivity index is 0.000000720. The molecular formula is C7H7N4Y-. The van der Waals surface area contributed by atoms with Crippen molar-refractivity contribution < 1.29 is 32.7 Å². The maximum Gasteiger partial charge on any atom is 0.188 e. The number of nitrogen functional groups attached to an aromatic ring is 1. The van der Waals surface area contributed by atoms with Crippen molar-refractivity contribution in [1.29, 1.82) is 0 Å². The Morgan fingerprint density at radius 3 is 3.00 bits per heavy atom. The fourth-order valence-corrected chi connectivity index (χ4v) is 0.976. The zero-order chi connectivity index (χ0) is 7.84. The minimum atomic E-state index is 0. The number of aryl methyl sites for hydroxylation is 1. The minimum absolute atomic E-state index is 0. The van der Waals surface area contributed by atoms with Crippen LogP contribution in [-0.2, 0) is 39.8 Å². The van der Waals surface area contributed by atoms with Gasteiger partial charge in [-0.15, -0.1) is 0 Å². The van der Waals surface area contributed by atoms with Crippen molar-refractivity contribution in [2.24, 2.45) is 7.05 Å². The van der Waals surface area contributed by atoms with Gasteiger partial charge >= 0.3 is 0 Å². The first kappa shape index (κ1) is 9.61. The summed E-state index contributed by atoms with van der Waals surface area (Å²) in [6, 6.07) is 4.66. The smallest absolute Gasteiger partial charge is 0.188 e. The average Bonchev–Trinajstić information content (AvgIpc) is 2.30. The SMILES string of the molecule is Cn1c(N)nc2[c-]ccnc21.[Y]. The van der Waals surface area contributed by atoms with E-state index in [-0.39, 0.29) is 32.7 Å². The van der Waals surface area contributed by atoms with E-state index in [4.69, 9.17) is 5.73 Å². The van der Waals surface area contributed by atoms with E-state index in [1.807, 2.05) is 7.05 Å². The second-order valence-electron chi connectivity index (χ2n) is 2.29. The molecule has 4 nitrogen and oxygen atoms in total. The van der Waals surface area contributed by atoms with Gasteiger partial charge in [0.25, 0.3) is 0 Å². The molecule has 0 atom stereocenters. The summed E-state index contributed by atoms with van der Waals surface area (Å²) in [5.41, 5.74) is 7.03. The summed E-state index contributed by atoms with van der Waals surface area (Å²) < 4.78 is 1.73. The summed E-state index contributed by atoms with van der Waals surface area (Å²) in [4.78, 5) is 8.13. The maximum absolute atomic E-state index is 5.54. The molecule has 2 rings (SSSR count). The van der Waals surface area contributed by atoms with Gasteiger partial charge in [0, 0.05) is 45.4 Å². The molecular weight excluding hydrogens is 229 g/mol. The first-order chi connectivity index (χ1) is 5.29. The number of aromatic nitrogens is 3. The van der Waals surface area contributed by atoms with Gasteiger partial charge in [0.05, 0.1) is 0 Å². The second-order valence-corrected chi connectivity index (χ2v) is 2.29. The van der Waals surface area contributed by atoms with Crippen LogP contribution in [0.2, 0.25) is 0 Å². The number of hydrogen-bond donors (Lipinski definition) is 1. The molecule has 5 heteroatoms. The van der Waals surface area contributed by atoms with Crippen LogP contribution in [0.15, 0.2) is 12.3 Å². The van der Waals surface area contributed by atoms with E-state index in [9.17, 15) is 0 Å². The molecule has 0 unspecified atom stereocenters. The molecule has 1 radical (unpaired) electrons. The first-order valence-corrected chi connectivity index (χ1v) is 3.23. The molecule has 0 amide bonds. The first-order valence-electron chi connectivity index (χ1n) is 3.23. The number of nitrogens with two attached hydrogens (primary N) is 1. The summed E-state index contributed by atoms with van der Waals surface area (Å²) in [7, 11) is 1.82. The van der Waals surface area contributed by atoms with Crippen molar-refractivity contribution in [3.05, 3.63) is 18.3 Å². The Hall–Kier alpha value is -0.476. The topological polar surface area (TPSA) is 56.7 Å². The summed E-state index contributed by atoms with van der Waals surface area (Å²) >= 11 is 0. The van der Waals surface area contributed by atoms with Crippen LogP contribution in [0.3, 0.4) is 0 Å². The largest absolute Gasteiger partial charge is 0.370 e. The molecule has 0 aliphatic heterocycles. The molecule has 2 N–H and O–H groups in total. The zero-order valence-corrected chi connectivity index (χ0v) is 9.49. The van der Waals surface area contributed by atoms with Gasteiger partial charge in [-0.05, 0) is 5.52 Å². The van der Waals surface area contributed by atoms with Crippen molar-refractivity contribution >= 4 is 17.1 Å². The minimum Gasteiger partial charge on any atom is -0.370 e. The third kappa shape index (κ3) is 1.36. The Morgan fingerprint density at radius 2 is 2.33 bits per heavy atom. The van der Waals surface area contributed by atoms with Crippen molar-refractivity contribution in [1.82, 2.24) is 14.5 Å². The van der Waals surface area contributed by atoms with E-state index in [0.29, 0.717) is 11.5 Å². The Kier molecular flexibility index (Phi) is 2.80. The monoisotopic (exact) mass is 236 g/mol. The van der Waals surface area contributed by atoms with E-state index in [1.54, 1.807) is 16.8 Å². The number of fused-ring (bicyclic) bond motifs is 1. The summed E-state index contributed by atoms with van der Waals surface area (Å²) in [5.74, 6) is 0.468. The standard InChI is InChI=1S/C7H7N4.Y/c1-11-6-5(10-7(11)8)3-2-4-9-6;/h2,4H,1H3,(H2,8,10);/q-1;. The van der Waals surface area contributed by atoms with Crippen LogP contribution in [-0.4, -0.2) is 14.5 Å². The van der Waals surface area contributed by atoms with Crippen LogP contribution in [0.5, 0.6) is 0 Å². The number of rotatable bonds is 0. The zero-order valence-electron chi connectivity index (χ0n) is 6.65. The van der Waals surface area contributed by atoms with Crippen LogP contribution < -0.4 is 5.73 Å². The van der Waals surface area contributed by atoms with Gasteiger partial charge < -0.3 is 15.3 Å². The molecule has 0 saturated heterocycles. The van der Waals surface area contributed by atoms with Crippen LogP contribution >= 0.6 is 0 Å². The number of anilines is 1. The van der Waals surface area contributed by atoms with Gasteiger partial charge in [-0.1, -0.05) is 6.20 Å². The molecule has 0 aromatic carbocycles. The Labute approximate surface area is 95.1 Å². The third-order valence-corrected chi connectivity index (χ3v) is 1.59. The van der Waals surface area contributed by atoms with E-state index >= 15 is 0 Å². The predicted molar refractivity (Wildman–Crippen MR) is 41.8 cm³/mol. The van der Waals surface area contributed by atoms with E-state index in [1.165, 1.54) is 0 Å². The molecule has 0 aliphatic rings. The molecule has 2 aromatic rings. The molecule has 2 aromatic heterocycles. The Bertz CT molecular complexity index is 395. The van der Waals surface area contributed by atoms with Crippen molar-refractivity contribution in [2.45, 2.75) is 0 Å². The number of nitrogens with zero attached hydrogens (tertiary/aromatic N) is 3. The van der Waals surface area contributed by atoms with Crippen molar-refractivity contribution in [3.8, 4) is 0 Å². The van der Waals surface area contributed by atoms with Gasteiger partial charge in [-0.25, -0.2) is 4.98 Å². The number of pyridine rings is 1. The van der Waals surface area contributed by atoms with Crippen LogP contribution in [0, 0.1) is 6.07 Å². The molecule has 0 saturated carbocycles. The van der Waals surface area contributed by atoms with Gasteiger partial charge in [0.15, 0.2) is 5.95 Å². The predicted octanol–water partition coefficient (Wildman–Crippen LogP) is 0.348. The second kappa shape index (κ2) is 3.50. The van der Waals surface area contributed by atoms with Crippen molar-refractivity contribution in [3.63, 3.8) is 0 Å². The molecule has 0 spiro atoms. The average molecular weight is 236 g/mol. The quantitative estimate of drug-likeness (QED) is 0.671. The van der Waals surface area contributed by atoms with Gasteiger partial charge in [0.1, 0.15) is 0 Å². The number of imidazole rings is 1. The van der Waals surface area contributed by atoms with Crippen LogP contribution in [0.25, 0.3) is 11.2 Å². The molecule has 59 valence electrons. The van der Waals surface area contributed by atoms with Crippen LogP contribution in [0.4, 0.5) is 5.95 Å². The normalized spacial score (nSPS) is 9.75. The van der Waals surface area contributed by atoms with Gasteiger partial charge in [-0.2, -0.15) is 12.1 Å². The molecule has 2 heterocycles. The summed E-state index contributed by atoms with van der Waals surface area (Å²) in [6.45, 7) is 0. The van der Waals surface area contributed by atoms with Gasteiger partial charge in [0.2, 0.25) is 0 Å². The number of hydrogen-bond acceptors (Lipinski definition) is 3. The maximum atomic E-state index is 5.54. The van der Waals surface area contributed by atoms with Crippen LogP contribution in [0.1, 0.15) is 0 Å². The fraction of sp³-hybridized carbons (Fsp3) is 0.143. The van der Waals surface area contributed by atoms with E-state index in [0.717, 1.165) is 5.65 Å². The molecule has 0 aliphatic carbocycles. The van der Waals surface area contributed by atoms with E-state index in [2.05, 4.69) is 16.0 Å². The summed E-state index contributed by atoms with van der Waals surface area (Å²) in [6.07, 6.45) is 1.67. The summed E-state index contributed by atoms with van der Waals surface area (Å²) in [5, 5.41) is 0. The fourth-order valence-electron chi connectivity index (χ4n) is 0.976. The molecule has 0 fully saturated rings. The van der Waals surface area contributed by atoms with Gasteiger partial charge in [-0.3, -0.25) is 0 Å². The molecule has 0 bridgehead atoms. The third-order valence-electron chi connectivity index (χ3n) is 1.59. The van der Waals surface area contributed by atoms with Crippen molar-refractivity contribution in [2.75, 3.05) is 5.73 Å². The molecule has 12 heavy (non-hydrogen) atoms. The Morgan fingerprint density at radius 1 is 1.58 bits per heavy atom.